The Morgan fingerprint density at radius 2 is 1.96 bits per heavy atom. The number of likely N-dealkylation sites (tertiary alicyclic amines) is 1. The minimum atomic E-state index is -0.478. The van der Waals surface area contributed by atoms with Crippen LogP contribution in [0.5, 0.6) is 0 Å². The quantitative estimate of drug-likeness (QED) is 0.734. The van der Waals surface area contributed by atoms with Crippen LogP contribution in [0.15, 0.2) is 12.1 Å². The van der Waals surface area contributed by atoms with Gasteiger partial charge in [-0.1, -0.05) is 11.6 Å². The van der Waals surface area contributed by atoms with E-state index in [1.54, 1.807) is 11.9 Å². The first-order chi connectivity index (χ1) is 12.1. The molecule has 26 heavy (non-hydrogen) atoms. The van der Waals surface area contributed by atoms with Crippen molar-refractivity contribution in [3.8, 4) is 0 Å². The molecule has 1 fully saturated rings. The minimum Gasteiger partial charge on any atom is -0.444 e. The molecule has 0 spiro atoms. The largest absolute Gasteiger partial charge is 0.444 e. The smallest absolute Gasteiger partial charge is 0.410 e. The summed E-state index contributed by atoms with van der Waals surface area (Å²) in [5.41, 5.74) is -0.478. The molecule has 0 aromatic carbocycles. The highest BCUT2D eigenvalue weighted by Gasteiger charge is 2.26. The molecule has 2 rings (SSSR count). The number of piperidine rings is 1. The summed E-state index contributed by atoms with van der Waals surface area (Å²) in [7, 11) is 1.78. The second kappa shape index (κ2) is 9.09. The molecule has 146 valence electrons. The lowest BCUT2D eigenvalue weighted by atomic mass is 9.96. The first-order valence-corrected chi connectivity index (χ1v) is 10.3. The zero-order valence-electron chi connectivity index (χ0n) is 16.1. The van der Waals surface area contributed by atoms with Gasteiger partial charge in [0.15, 0.2) is 0 Å². The van der Waals surface area contributed by atoms with E-state index in [0.29, 0.717) is 18.9 Å². The van der Waals surface area contributed by atoms with Crippen LogP contribution in [-0.2, 0) is 16.0 Å². The lowest BCUT2D eigenvalue weighted by molar-refractivity contribution is -0.132. The van der Waals surface area contributed by atoms with E-state index < -0.39 is 5.60 Å². The van der Waals surface area contributed by atoms with Crippen LogP contribution in [-0.4, -0.2) is 54.1 Å². The summed E-state index contributed by atoms with van der Waals surface area (Å²) in [6.07, 6.45) is 2.83. The molecular formula is C19H29ClN2O3S. The summed E-state index contributed by atoms with van der Waals surface area (Å²) in [5.74, 6) is 0.612. The predicted octanol–water partition coefficient (Wildman–Crippen LogP) is 4.44. The van der Waals surface area contributed by atoms with Gasteiger partial charge in [-0.3, -0.25) is 4.79 Å². The number of halogens is 1. The summed E-state index contributed by atoms with van der Waals surface area (Å²) in [4.78, 5) is 29.2. The number of amides is 2. The summed E-state index contributed by atoms with van der Waals surface area (Å²) >= 11 is 7.46. The lowest BCUT2D eigenvalue weighted by Gasteiger charge is -2.34. The average molecular weight is 401 g/mol. The summed E-state index contributed by atoms with van der Waals surface area (Å²) in [6, 6.07) is 3.86. The monoisotopic (exact) mass is 400 g/mol. The zero-order chi connectivity index (χ0) is 19.3. The standard InChI is InChI=1S/C19H29ClN2O3S/c1-19(2,3)25-18(24)21(4)13-14-9-11-22(12-10-14)17(23)8-6-15-5-7-16(20)26-15/h5,7,14H,6,8-13H2,1-4H3. The Labute approximate surface area is 165 Å². The molecule has 1 saturated heterocycles. The second-order valence-corrected chi connectivity index (χ2v) is 9.69. The Kier molecular flexibility index (Phi) is 7.35. The summed E-state index contributed by atoms with van der Waals surface area (Å²) < 4.78 is 6.16. The van der Waals surface area contributed by atoms with Crippen molar-refractivity contribution in [2.24, 2.45) is 5.92 Å². The fourth-order valence-electron chi connectivity index (χ4n) is 3.04. The van der Waals surface area contributed by atoms with E-state index in [2.05, 4.69) is 0 Å². The fourth-order valence-corrected chi connectivity index (χ4v) is 4.13. The maximum atomic E-state index is 12.4. The van der Waals surface area contributed by atoms with Crippen LogP contribution >= 0.6 is 22.9 Å². The van der Waals surface area contributed by atoms with Gasteiger partial charge in [0.1, 0.15) is 5.60 Å². The number of carbonyl (C=O) groups excluding carboxylic acids is 2. The Morgan fingerprint density at radius 3 is 2.50 bits per heavy atom. The van der Waals surface area contributed by atoms with Gasteiger partial charge in [-0.05, 0) is 58.1 Å². The van der Waals surface area contributed by atoms with Gasteiger partial charge in [0.25, 0.3) is 0 Å². The van der Waals surface area contributed by atoms with Crippen LogP contribution < -0.4 is 0 Å². The van der Waals surface area contributed by atoms with E-state index >= 15 is 0 Å². The molecule has 0 unspecified atom stereocenters. The molecule has 0 N–H and O–H groups in total. The molecule has 1 aromatic rings. The van der Waals surface area contributed by atoms with E-state index in [1.165, 1.54) is 11.3 Å². The molecule has 2 amide bonds. The molecule has 0 radical (unpaired) electrons. The van der Waals surface area contributed by atoms with Gasteiger partial charge < -0.3 is 14.5 Å². The van der Waals surface area contributed by atoms with Gasteiger partial charge in [-0.2, -0.15) is 0 Å². The van der Waals surface area contributed by atoms with Crippen molar-refractivity contribution in [3.63, 3.8) is 0 Å². The number of ether oxygens (including phenoxy) is 1. The lowest BCUT2D eigenvalue weighted by Crippen LogP contribution is -2.43. The molecule has 0 aliphatic carbocycles. The van der Waals surface area contributed by atoms with E-state index in [4.69, 9.17) is 16.3 Å². The first-order valence-electron chi connectivity index (χ1n) is 9.10. The molecular weight excluding hydrogens is 372 g/mol. The number of aryl methyl sites for hydroxylation is 1. The predicted molar refractivity (Wildman–Crippen MR) is 106 cm³/mol. The number of thiophene rings is 1. The van der Waals surface area contributed by atoms with E-state index in [1.807, 2.05) is 37.8 Å². The van der Waals surface area contributed by atoms with Crippen molar-refractivity contribution < 1.29 is 14.3 Å². The maximum absolute atomic E-state index is 12.4. The van der Waals surface area contributed by atoms with Crippen molar-refractivity contribution in [1.29, 1.82) is 0 Å². The summed E-state index contributed by atoms with van der Waals surface area (Å²) in [5, 5.41) is 0. The highest BCUT2D eigenvalue weighted by atomic mass is 35.5. The number of nitrogens with zero attached hydrogens (tertiary/aromatic N) is 2. The summed E-state index contributed by atoms with van der Waals surface area (Å²) in [6.45, 7) is 7.80. The molecule has 0 saturated carbocycles. The molecule has 1 aliphatic heterocycles. The van der Waals surface area contributed by atoms with Gasteiger partial charge in [-0.15, -0.1) is 11.3 Å². The first kappa shape index (κ1) is 21.0. The van der Waals surface area contributed by atoms with Gasteiger partial charge in [0.2, 0.25) is 5.91 Å². The van der Waals surface area contributed by atoms with Crippen LogP contribution in [0.2, 0.25) is 4.34 Å². The number of carbonyl (C=O) groups is 2. The van der Waals surface area contributed by atoms with Gasteiger partial charge >= 0.3 is 6.09 Å². The van der Waals surface area contributed by atoms with E-state index in [9.17, 15) is 9.59 Å². The third-order valence-electron chi connectivity index (χ3n) is 4.42. The van der Waals surface area contributed by atoms with Crippen molar-refractivity contribution >= 4 is 34.9 Å². The zero-order valence-corrected chi connectivity index (χ0v) is 17.7. The maximum Gasteiger partial charge on any atom is 0.410 e. The highest BCUT2D eigenvalue weighted by Crippen LogP contribution is 2.24. The SMILES string of the molecule is CN(CC1CCN(C(=O)CCc2ccc(Cl)s2)CC1)C(=O)OC(C)(C)C. The van der Waals surface area contributed by atoms with Crippen LogP contribution in [0, 0.1) is 5.92 Å². The number of hydrogen-bond donors (Lipinski definition) is 0. The van der Waals surface area contributed by atoms with Crippen LogP contribution in [0.3, 0.4) is 0 Å². The molecule has 0 bridgehead atoms. The topological polar surface area (TPSA) is 49.9 Å². The molecule has 1 aromatic heterocycles. The van der Waals surface area contributed by atoms with Crippen LogP contribution in [0.4, 0.5) is 4.79 Å². The minimum absolute atomic E-state index is 0.202. The number of rotatable bonds is 5. The Balaban J connectivity index is 1.71. The third-order valence-corrected chi connectivity index (χ3v) is 5.71. The van der Waals surface area contributed by atoms with Gasteiger partial charge in [0, 0.05) is 38.0 Å². The molecule has 7 heteroatoms. The van der Waals surface area contributed by atoms with Crippen molar-refractivity contribution in [3.05, 3.63) is 21.3 Å². The van der Waals surface area contributed by atoms with Crippen LogP contribution in [0.1, 0.15) is 44.9 Å². The average Bonchev–Trinajstić information content (AvgIpc) is 2.97. The van der Waals surface area contributed by atoms with Crippen molar-refractivity contribution in [1.82, 2.24) is 9.80 Å². The van der Waals surface area contributed by atoms with Crippen LogP contribution in [0.25, 0.3) is 0 Å². The molecule has 0 atom stereocenters. The molecule has 1 aliphatic rings. The Hall–Kier alpha value is -1.27. The second-order valence-electron chi connectivity index (χ2n) is 7.89. The van der Waals surface area contributed by atoms with E-state index in [0.717, 1.165) is 41.6 Å². The Bertz CT molecular complexity index is 619. The molecule has 2 heterocycles. The number of hydrogen-bond acceptors (Lipinski definition) is 4. The highest BCUT2D eigenvalue weighted by molar-refractivity contribution is 7.16. The van der Waals surface area contributed by atoms with Crippen molar-refractivity contribution in [2.75, 3.05) is 26.7 Å². The fraction of sp³-hybridized carbons (Fsp3) is 0.684. The van der Waals surface area contributed by atoms with Gasteiger partial charge in [0.05, 0.1) is 4.34 Å². The van der Waals surface area contributed by atoms with Crippen molar-refractivity contribution in [2.45, 2.75) is 52.1 Å². The van der Waals surface area contributed by atoms with E-state index in [-0.39, 0.29) is 12.0 Å². The normalized spacial score (nSPS) is 15.8. The Morgan fingerprint density at radius 1 is 1.31 bits per heavy atom. The molecule has 5 nitrogen and oxygen atoms in total. The third kappa shape index (κ3) is 6.80. The van der Waals surface area contributed by atoms with Gasteiger partial charge in [-0.25, -0.2) is 4.79 Å².